The highest BCUT2D eigenvalue weighted by Gasteiger charge is 2.34. The molecule has 1 aliphatic rings. The van der Waals surface area contributed by atoms with Gasteiger partial charge in [-0.25, -0.2) is 4.98 Å². The molecule has 2 heterocycles. The molecule has 164 valence electrons. The summed E-state index contributed by atoms with van der Waals surface area (Å²) in [7, 11) is 0. The Balaban J connectivity index is 2.00. The highest BCUT2D eigenvalue weighted by molar-refractivity contribution is 8.00. The van der Waals surface area contributed by atoms with Crippen LogP contribution in [0, 0.1) is 22.7 Å². The highest BCUT2D eigenvalue weighted by atomic mass is 32.2. The van der Waals surface area contributed by atoms with Crippen LogP contribution in [0.1, 0.15) is 34.4 Å². The number of aromatic nitrogens is 1. The fraction of sp³-hybridized carbons (Fsp3) is 0.286. The lowest BCUT2D eigenvalue weighted by Crippen LogP contribution is -2.52. The SMILES string of the molecule is CCc1c(C#N)c(SC(C(N)=O)c2ccccc2)nc(N2CC(ON=C(N)N)C2)c1C#N. The maximum absolute atomic E-state index is 12.2. The summed E-state index contributed by atoms with van der Waals surface area (Å²) in [5, 5.41) is 22.8. The molecule has 0 aliphatic carbocycles. The number of primary amides is 1. The number of nitrogens with two attached hydrogens (primary N) is 3. The number of hydrogen-bond donors (Lipinski definition) is 3. The van der Waals surface area contributed by atoms with E-state index < -0.39 is 11.2 Å². The summed E-state index contributed by atoms with van der Waals surface area (Å²) in [6, 6.07) is 13.4. The Kier molecular flexibility index (Phi) is 7.03. The Morgan fingerprint density at radius 2 is 1.91 bits per heavy atom. The molecule has 1 atom stereocenters. The van der Waals surface area contributed by atoms with Crippen molar-refractivity contribution in [3.8, 4) is 12.1 Å². The van der Waals surface area contributed by atoms with Crippen LogP contribution >= 0.6 is 11.8 Å². The van der Waals surface area contributed by atoms with E-state index in [-0.39, 0.29) is 17.6 Å². The number of guanidine groups is 1. The first kappa shape index (κ1) is 22.7. The fourth-order valence-corrected chi connectivity index (χ4v) is 4.40. The predicted octanol–water partition coefficient (Wildman–Crippen LogP) is 1.10. The Labute approximate surface area is 189 Å². The molecule has 3 rings (SSSR count). The monoisotopic (exact) mass is 450 g/mol. The predicted molar refractivity (Wildman–Crippen MR) is 120 cm³/mol. The number of thioether (sulfide) groups is 1. The zero-order valence-electron chi connectivity index (χ0n) is 17.4. The summed E-state index contributed by atoms with van der Waals surface area (Å²) in [5.74, 6) is -0.305. The Morgan fingerprint density at radius 1 is 1.25 bits per heavy atom. The van der Waals surface area contributed by atoms with Crippen molar-refractivity contribution in [2.24, 2.45) is 22.4 Å². The molecule has 1 saturated heterocycles. The lowest BCUT2D eigenvalue weighted by molar-refractivity contribution is -0.117. The van der Waals surface area contributed by atoms with E-state index in [0.29, 0.717) is 47.0 Å². The van der Waals surface area contributed by atoms with E-state index in [1.807, 2.05) is 30.0 Å². The maximum Gasteiger partial charge on any atom is 0.235 e. The minimum atomic E-state index is -0.740. The molecule has 2 aromatic rings. The Bertz CT molecular complexity index is 1110. The van der Waals surface area contributed by atoms with Crippen LogP contribution in [0.3, 0.4) is 0 Å². The summed E-state index contributed by atoms with van der Waals surface area (Å²) < 4.78 is 0. The molecular formula is C21H22N8O2S. The second-order valence-corrected chi connectivity index (χ2v) is 8.10. The maximum atomic E-state index is 12.2. The van der Waals surface area contributed by atoms with Crippen molar-refractivity contribution < 1.29 is 9.63 Å². The van der Waals surface area contributed by atoms with Crippen LogP contribution in [0.15, 0.2) is 40.5 Å². The van der Waals surface area contributed by atoms with Gasteiger partial charge in [-0.2, -0.15) is 10.5 Å². The second-order valence-electron chi connectivity index (χ2n) is 7.01. The van der Waals surface area contributed by atoms with E-state index >= 15 is 0 Å². The molecule has 1 amide bonds. The third kappa shape index (κ3) is 4.68. The molecule has 32 heavy (non-hydrogen) atoms. The molecule has 0 radical (unpaired) electrons. The zero-order valence-corrected chi connectivity index (χ0v) is 18.2. The van der Waals surface area contributed by atoms with Crippen LogP contribution in [0.4, 0.5) is 5.82 Å². The van der Waals surface area contributed by atoms with Gasteiger partial charge < -0.3 is 26.9 Å². The average Bonchev–Trinajstić information content (AvgIpc) is 2.75. The summed E-state index contributed by atoms with van der Waals surface area (Å²) >= 11 is 1.10. The van der Waals surface area contributed by atoms with Crippen LogP contribution in [0.25, 0.3) is 0 Å². The van der Waals surface area contributed by atoms with Crippen molar-refractivity contribution in [1.29, 1.82) is 10.5 Å². The molecule has 0 saturated carbocycles. The van der Waals surface area contributed by atoms with Crippen molar-refractivity contribution in [1.82, 2.24) is 4.98 Å². The normalized spacial score (nSPS) is 13.9. The largest absolute Gasteiger partial charge is 0.386 e. The molecule has 11 heteroatoms. The third-order valence-corrected chi connectivity index (χ3v) is 6.13. The van der Waals surface area contributed by atoms with Gasteiger partial charge in [0.2, 0.25) is 11.9 Å². The number of rotatable bonds is 8. The van der Waals surface area contributed by atoms with Gasteiger partial charge in [-0.3, -0.25) is 4.79 Å². The number of benzene rings is 1. The number of carbonyl (C=O) groups excluding carboxylic acids is 1. The van der Waals surface area contributed by atoms with Gasteiger partial charge in [0.05, 0.1) is 24.2 Å². The van der Waals surface area contributed by atoms with Crippen LogP contribution in [0.2, 0.25) is 0 Å². The Morgan fingerprint density at radius 3 is 2.44 bits per heavy atom. The number of anilines is 1. The van der Waals surface area contributed by atoms with Gasteiger partial charge in [-0.05, 0) is 22.7 Å². The lowest BCUT2D eigenvalue weighted by Gasteiger charge is -2.38. The van der Waals surface area contributed by atoms with Crippen LogP contribution < -0.4 is 22.1 Å². The van der Waals surface area contributed by atoms with Crippen LogP contribution in [0.5, 0.6) is 0 Å². The van der Waals surface area contributed by atoms with Crippen molar-refractivity contribution in [2.45, 2.75) is 29.7 Å². The first-order valence-electron chi connectivity index (χ1n) is 9.77. The number of pyridine rings is 1. The van der Waals surface area contributed by atoms with E-state index in [4.69, 9.17) is 22.0 Å². The standard InChI is InChI=1S/C21H22N8O2S/c1-2-14-15(8-22)19(29-10-13(11-29)31-28-21(25)26)27-20(16(14)9-23)32-17(18(24)30)12-6-4-3-5-7-12/h3-7,13,17H,2,10-11H2,1H3,(H2,24,30)(H4,25,26,28). The molecule has 1 aromatic carbocycles. The van der Waals surface area contributed by atoms with Crippen LogP contribution in [-0.2, 0) is 16.1 Å². The molecule has 0 bridgehead atoms. The molecule has 1 aromatic heterocycles. The number of nitrogens with zero attached hydrogens (tertiary/aromatic N) is 5. The first-order chi connectivity index (χ1) is 15.4. The van der Waals surface area contributed by atoms with Gasteiger partial charge in [-0.15, -0.1) is 0 Å². The molecule has 1 fully saturated rings. The van der Waals surface area contributed by atoms with Gasteiger partial charge in [-0.1, -0.05) is 49.0 Å². The average molecular weight is 451 g/mol. The van der Waals surface area contributed by atoms with E-state index in [0.717, 1.165) is 11.8 Å². The quantitative estimate of drug-likeness (QED) is 0.229. The van der Waals surface area contributed by atoms with Crippen molar-refractivity contribution >= 4 is 29.4 Å². The number of amides is 1. The molecular weight excluding hydrogens is 428 g/mol. The number of carbonyl (C=O) groups is 1. The summed E-state index contributed by atoms with van der Waals surface area (Å²) in [5.41, 5.74) is 18.1. The lowest BCUT2D eigenvalue weighted by atomic mass is 10.0. The van der Waals surface area contributed by atoms with E-state index in [1.54, 1.807) is 12.1 Å². The molecule has 0 spiro atoms. The van der Waals surface area contributed by atoms with Crippen molar-refractivity contribution in [2.75, 3.05) is 18.0 Å². The van der Waals surface area contributed by atoms with E-state index in [9.17, 15) is 15.3 Å². The minimum absolute atomic E-state index is 0.178. The Hall–Kier alpha value is -3.96. The topological polar surface area (TPSA) is 180 Å². The highest BCUT2D eigenvalue weighted by Crippen LogP contribution is 2.40. The van der Waals surface area contributed by atoms with Gasteiger partial charge >= 0.3 is 0 Å². The van der Waals surface area contributed by atoms with Crippen molar-refractivity contribution in [3.63, 3.8) is 0 Å². The van der Waals surface area contributed by atoms with E-state index in [2.05, 4.69) is 22.3 Å². The molecule has 1 aliphatic heterocycles. The number of nitriles is 2. The summed E-state index contributed by atoms with van der Waals surface area (Å²) in [6.07, 6.45) is 0.188. The fourth-order valence-electron chi connectivity index (χ4n) is 3.34. The smallest absolute Gasteiger partial charge is 0.235 e. The van der Waals surface area contributed by atoms with Gasteiger partial charge in [0, 0.05) is 0 Å². The summed E-state index contributed by atoms with van der Waals surface area (Å²) in [4.78, 5) is 23.9. The zero-order chi connectivity index (χ0) is 23.3. The first-order valence-corrected chi connectivity index (χ1v) is 10.6. The van der Waals surface area contributed by atoms with Crippen molar-refractivity contribution in [3.05, 3.63) is 52.6 Å². The van der Waals surface area contributed by atoms with Gasteiger partial charge in [0.15, 0.2) is 6.10 Å². The summed E-state index contributed by atoms with van der Waals surface area (Å²) in [6.45, 7) is 2.68. The molecule has 1 unspecified atom stereocenters. The van der Waals surface area contributed by atoms with Gasteiger partial charge in [0.25, 0.3) is 0 Å². The second kappa shape index (κ2) is 9.90. The molecule has 6 N–H and O–H groups in total. The van der Waals surface area contributed by atoms with Crippen LogP contribution in [-0.4, -0.2) is 36.0 Å². The number of oxime groups is 1. The van der Waals surface area contributed by atoms with Gasteiger partial charge in [0.1, 0.15) is 28.2 Å². The minimum Gasteiger partial charge on any atom is -0.386 e. The number of hydrogen-bond acceptors (Lipinski definition) is 8. The van der Waals surface area contributed by atoms with E-state index in [1.165, 1.54) is 0 Å². The third-order valence-electron chi connectivity index (χ3n) is 4.87. The molecule has 10 nitrogen and oxygen atoms in total.